The van der Waals surface area contributed by atoms with E-state index in [-0.39, 0.29) is 22.8 Å². The molecule has 0 aliphatic carbocycles. The van der Waals surface area contributed by atoms with Crippen molar-refractivity contribution in [2.24, 2.45) is 11.5 Å². The highest BCUT2D eigenvalue weighted by Crippen LogP contribution is 2.28. The quantitative estimate of drug-likeness (QED) is 0.447. The maximum Gasteiger partial charge on any atom is 0.323 e. The SMILES string of the molecule is NC(=O)n1cc(NC(=O)N2C[C@H](F)[C@@H](N)[C@H]2C(=O)NCc2cccc(Cl)c2F)c2ccccc21. The van der Waals surface area contributed by atoms with E-state index in [2.05, 4.69) is 10.6 Å². The standard InChI is InChI=1S/C22H21ClF2N6O3/c23-13-6-3-4-11(17(13)25)8-28-20(32)19-18(26)14(24)9-31(19)22(34)29-15-10-30(21(27)33)16-7-2-1-5-12(15)16/h1-7,10,14,18-19H,8-9,26H2,(H2,27,33)(H,28,32)(H,29,34)/t14-,18+,19-/m0/s1. The molecule has 3 aromatic rings. The number of rotatable bonds is 4. The maximum absolute atomic E-state index is 14.5. The largest absolute Gasteiger partial charge is 0.351 e. The molecule has 0 unspecified atom stereocenters. The molecule has 2 aromatic carbocycles. The average Bonchev–Trinajstić information content (AvgIpc) is 3.32. The van der Waals surface area contributed by atoms with Gasteiger partial charge in [-0.05, 0) is 12.1 Å². The molecule has 2 heterocycles. The molecule has 178 valence electrons. The Labute approximate surface area is 197 Å². The molecule has 1 aliphatic rings. The number of hydrogen-bond acceptors (Lipinski definition) is 4. The van der Waals surface area contributed by atoms with Gasteiger partial charge in [0, 0.05) is 23.7 Å². The van der Waals surface area contributed by atoms with E-state index in [1.54, 1.807) is 24.3 Å². The van der Waals surface area contributed by atoms with Crippen molar-refractivity contribution in [3.05, 3.63) is 65.1 Å². The van der Waals surface area contributed by atoms with E-state index in [1.807, 2.05) is 0 Å². The second kappa shape index (κ2) is 9.27. The van der Waals surface area contributed by atoms with Crippen LogP contribution in [0, 0.1) is 5.82 Å². The van der Waals surface area contributed by atoms with Crippen molar-refractivity contribution in [1.29, 1.82) is 0 Å². The smallest absolute Gasteiger partial charge is 0.323 e. The predicted molar refractivity (Wildman–Crippen MR) is 123 cm³/mol. The minimum Gasteiger partial charge on any atom is -0.351 e. The number of para-hydroxylation sites is 1. The molecular weight excluding hydrogens is 470 g/mol. The molecule has 1 fully saturated rings. The Morgan fingerprint density at radius 1 is 1.15 bits per heavy atom. The Balaban J connectivity index is 1.54. The molecule has 12 heteroatoms. The van der Waals surface area contributed by atoms with E-state index >= 15 is 0 Å². The average molecular weight is 491 g/mol. The zero-order valence-corrected chi connectivity index (χ0v) is 18.4. The first-order valence-electron chi connectivity index (χ1n) is 10.3. The van der Waals surface area contributed by atoms with Crippen LogP contribution in [-0.4, -0.2) is 52.2 Å². The fourth-order valence-electron chi connectivity index (χ4n) is 3.97. The van der Waals surface area contributed by atoms with Crippen LogP contribution in [0.2, 0.25) is 5.02 Å². The van der Waals surface area contributed by atoms with E-state index in [0.717, 1.165) is 9.47 Å². The normalized spacial score (nSPS) is 19.9. The van der Waals surface area contributed by atoms with Crippen molar-refractivity contribution in [2.45, 2.75) is 24.8 Å². The Morgan fingerprint density at radius 3 is 2.62 bits per heavy atom. The summed E-state index contributed by atoms with van der Waals surface area (Å²) in [6.07, 6.45) is -0.318. The van der Waals surface area contributed by atoms with Gasteiger partial charge >= 0.3 is 12.1 Å². The summed E-state index contributed by atoms with van der Waals surface area (Å²) in [5.74, 6) is -1.44. The molecule has 1 saturated heterocycles. The Morgan fingerprint density at radius 2 is 1.88 bits per heavy atom. The molecule has 3 atom stereocenters. The van der Waals surface area contributed by atoms with Gasteiger partial charge in [0.05, 0.1) is 28.8 Å². The van der Waals surface area contributed by atoms with Crippen LogP contribution in [0.15, 0.2) is 48.7 Å². The first-order valence-corrected chi connectivity index (χ1v) is 10.6. The van der Waals surface area contributed by atoms with Crippen molar-refractivity contribution in [3.63, 3.8) is 0 Å². The third-order valence-electron chi connectivity index (χ3n) is 5.69. The van der Waals surface area contributed by atoms with Gasteiger partial charge in [0.25, 0.3) is 0 Å². The summed E-state index contributed by atoms with van der Waals surface area (Å²) in [7, 11) is 0. The second-order valence-corrected chi connectivity index (χ2v) is 8.23. The van der Waals surface area contributed by atoms with Gasteiger partial charge in [-0.25, -0.2) is 18.4 Å². The summed E-state index contributed by atoms with van der Waals surface area (Å²) in [5.41, 5.74) is 12.1. The van der Waals surface area contributed by atoms with Crippen LogP contribution in [0.1, 0.15) is 5.56 Å². The number of fused-ring (bicyclic) bond motifs is 1. The number of carbonyl (C=O) groups excluding carboxylic acids is 3. The van der Waals surface area contributed by atoms with Gasteiger partial charge in [-0.15, -0.1) is 0 Å². The van der Waals surface area contributed by atoms with Gasteiger partial charge in [0.15, 0.2) is 0 Å². The van der Waals surface area contributed by atoms with Crippen LogP contribution in [0.5, 0.6) is 0 Å². The van der Waals surface area contributed by atoms with Gasteiger partial charge in [-0.1, -0.05) is 41.9 Å². The summed E-state index contributed by atoms with van der Waals surface area (Å²) in [5, 5.41) is 5.50. The van der Waals surface area contributed by atoms with E-state index in [9.17, 15) is 23.2 Å². The van der Waals surface area contributed by atoms with E-state index in [0.29, 0.717) is 10.9 Å². The van der Waals surface area contributed by atoms with Gasteiger partial charge in [-0.2, -0.15) is 0 Å². The zero-order valence-electron chi connectivity index (χ0n) is 17.7. The predicted octanol–water partition coefficient (Wildman–Crippen LogP) is 2.56. The van der Waals surface area contributed by atoms with Crippen LogP contribution in [0.3, 0.4) is 0 Å². The summed E-state index contributed by atoms with van der Waals surface area (Å²) >= 11 is 5.75. The number of amides is 4. The minimum atomic E-state index is -1.66. The molecule has 0 saturated carbocycles. The molecule has 34 heavy (non-hydrogen) atoms. The lowest BCUT2D eigenvalue weighted by Gasteiger charge is -2.25. The number of nitrogens with one attached hydrogen (secondary N) is 2. The lowest BCUT2D eigenvalue weighted by molar-refractivity contribution is -0.125. The van der Waals surface area contributed by atoms with E-state index in [1.165, 1.54) is 24.4 Å². The highest BCUT2D eigenvalue weighted by atomic mass is 35.5. The maximum atomic E-state index is 14.5. The number of alkyl halides is 1. The third-order valence-corrected chi connectivity index (χ3v) is 5.99. The van der Waals surface area contributed by atoms with Gasteiger partial charge in [0.2, 0.25) is 5.91 Å². The fraction of sp³-hybridized carbons (Fsp3) is 0.227. The number of likely N-dealkylation sites (tertiary alicyclic amines) is 1. The first-order chi connectivity index (χ1) is 16.2. The molecule has 4 rings (SSSR count). The van der Waals surface area contributed by atoms with Crippen LogP contribution >= 0.6 is 11.6 Å². The fourth-order valence-corrected chi connectivity index (χ4v) is 4.17. The number of anilines is 1. The second-order valence-electron chi connectivity index (χ2n) is 7.82. The monoisotopic (exact) mass is 490 g/mol. The van der Waals surface area contributed by atoms with Crippen molar-refractivity contribution < 1.29 is 23.2 Å². The lowest BCUT2D eigenvalue weighted by atomic mass is 10.1. The molecule has 0 spiro atoms. The van der Waals surface area contributed by atoms with Crippen LogP contribution in [0.25, 0.3) is 10.9 Å². The molecule has 1 aliphatic heterocycles. The van der Waals surface area contributed by atoms with Gasteiger partial charge < -0.3 is 27.0 Å². The number of nitrogens with zero attached hydrogens (tertiary/aromatic N) is 2. The van der Waals surface area contributed by atoms with Crippen molar-refractivity contribution >= 4 is 46.2 Å². The number of benzene rings is 2. The Kier molecular flexibility index (Phi) is 6.40. The van der Waals surface area contributed by atoms with Gasteiger partial charge in [-0.3, -0.25) is 9.36 Å². The molecule has 1 aromatic heterocycles. The third kappa shape index (κ3) is 4.27. The van der Waals surface area contributed by atoms with Gasteiger partial charge in [0.1, 0.15) is 18.0 Å². The molecule has 6 N–H and O–H groups in total. The molecular formula is C22H21ClF2N6O3. The minimum absolute atomic E-state index is 0.107. The molecule has 9 nitrogen and oxygen atoms in total. The molecule has 4 amide bonds. The van der Waals surface area contributed by atoms with E-state index < -0.39 is 48.6 Å². The summed E-state index contributed by atoms with van der Waals surface area (Å²) in [6, 6.07) is 6.86. The van der Waals surface area contributed by atoms with E-state index in [4.69, 9.17) is 23.1 Å². The van der Waals surface area contributed by atoms with Crippen LogP contribution < -0.4 is 22.1 Å². The van der Waals surface area contributed by atoms with Crippen molar-refractivity contribution in [2.75, 3.05) is 11.9 Å². The summed E-state index contributed by atoms with van der Waals surface area (Å²) < 4.78 is 29.7. The number of aromatic nitrogens is 1. The number of carbonyl (C=O) groups is 3. The zero-order chi connectivity index (χ0) is 24.6. The Hall–Kier alpha value is -3.70. The van der Waals surface area contributed by atoms with Crippen LogP contribution in [0.4, 0.5) is 24.1 Å². The topological polar surface area (TPSA) is 135 Å². The highest BCUT2D eigenvalue weighted by Gasteiger charge is 2.46. The highest BCUT2D eigenvalue weighted by molar-refractivity contribution is 6.30. The number of nitrogens with two attached hydrogens (primary N) is 2. The lowest BCUT2D eigenvalue weighted by Crippen LogP contribution is -2.53. The number of hydrogen-bond donors (Lipinski definition) is 4. The number of urea groups is 1. The van der Waals surface area contributed by atoms with Crippen LogP contribution in [-0.2, 0) is 11.3 Å². The summed E-state index contributed by atoms with van der Waals surface area (Å²) in [6.45, 7) is -0.655. The Bertz CT molecular complexity index is 1280. The first kappa shape index (κ1) is 23.5. The van der Waals surface area contributed by atoms with Crippen molar-refractivity contribution in [1.82, 2.24) is 14.8 Å². The number of halogens is 3. The molecule has 0 radical (unpaired) electrons. The molecule has 0 bridgehead atoms. The summed E-state index contributed by atoms with van der Waals surface area (Å²) in [4.78, 5) is 38.6. The van der Waals surface area contributed by atoms with Crippen molar-refractivity contribution in [3.8, 4) is 0 Å². The number of primary amides is 1.